The summed E-state index contributed by atoms with van der Waals surface area (Å²) in [6.45, 7) is 0.155. The summed E-state index contributed by atoms with van der Waals surface area (Å²) in [7, 11) is 0. The highest BCUT2D eigenvalue weighted by atomic mass is 16.4. The van der Waals surface area contributed by atoms with Gasteiger partial charge >= 0.3 is 0 Å². The van der Waals surface area contributed by atoms with E-state index in [1.807, 2.05) is 0 Å². The summed E-state index contributed by atoms with van der Waals surface area (Å²) in [6.07, 6.45) is -5.03. The number of nitrogens with two attached hydrogens (primary N) is 2. The predicted molar refractivity (Wildman–Crippen MR) is 62.2 cm³/mol. The number of carbonyl (C=O) groups is 1. The van der Waals surface area contributed by atoms with E-state index in [9.17, 15) is 25.2 Å². The van der Waals surface area contributed by atoms with Crippen LogP contribution in [0.4, 0.5) is 0 Å². The van der Waals surface area contributed by atoms with E-state index in [0.29, 0.717) is 0 Å². The second kappa shape index (κ2) is 6.41. The first-order chi connectivity index (χ1) is 8.38. The molecule has 106 valence electrons. The number of aliphatic hydroxyl groups is 4. The molecule has 0 aromatic rings. The van der Waals surface area contributed by atoms with E-state index >= 15 is 0 Å². The van der Waals surface area contributed by atoms with E-state index in [0.717, 1.165) is 0 Å². The molecule has 18 heavy (non-hydrogen) atoms. The highest BCUT2D eigenvalue weighted by molar-refractivity contribution is 5.80. The minimum absolute atomic E-state index is 0.103. The molecule has 1 saturated carbocycles. The third-order valence-electron chi connectivity index (χ3n) is 3.15. The van der Waals surface area contributed by atoms with Gasteiger partial charge in [0.25, 0.3) is 0 Å². The van der Waals surface area contributed by atoms with Gasteiger partial charge < -0.3 is 37.2 Å². The standard InChI is InChI=1S/C10H21N3O5/c11-2-1-6(14)10(18)13-5-3-4(12)7(15)9(17)8(5)16/h4-9,14-17H,1-3,11-12H2,(H,13,18)/t4-,5+,6-,7+,8-,9-/m0/s1. The van der Waals surface area contributed by atoms with Gasteiger partial charge in [-0.3, -0.25) is 4.79 Å². The number of rotatable bonds is 4. The number of carbonyl (C=O) groups excluding carboxylic acids is 1. The van der Waals surface area contributed by atoms with Crippen LogP contribution in [0, 0.1) is 0 Å². The molecule has 9 N–H and O–H groups in total. The zero-order chi connectivity index (χ0) is 13.9. The Balaban J connectivity index is 2.58. The Labute approximate surface area is 105 Å². The van der Waals surface area contributed by atoms with Crippen molar-refractivity contribution in [2.45, 2.75) is 49.3 Å². The van der Waals surface area contributed by atoms with Crippen LogP contribution in [0.2, 0.25) is 0 Å². The summed E-state index contributed by atoms with van der Waals surface area (Å²) in [6, 6.07) is -1.56. The smallest absolute Gasteiger partial charge is 0.249 e. The predicted octanol–water partition coefficient (Wildman–Crippen LogP) is -4.01. The minimum Gasteiger partial charge on any atom is -0.389 e. The van der Waals surface area contributed by atoms with Crippen molar-refractivity contribution in [3.8, 4) is 0 Å². The summed E-state index contributed by atoms with van der Waals surface area (Å²) in [5.74, 6) is -0.680. The molecule has 0 bridgehead atoms. The first-order valence-corrected chi connectivity index (χ1v) is 5.86. The number of amides is 1. The molecule has 0 unspecified atom stereocenters. The van der Waals surface area contributed by atoms with E-state index in [-0.39, 0.29) is 19.4 Å². The van der Waals surface area contributed by atoms with E-state index in [1.54, 1.807) is 0 Å². The Kier molecular flexibility index (Phi) is 5.45. The minimum atomic E-state index is -1.43. The summed E-state index contributed by atoms with van der Waals surface area (Å²) in [5, 5.41) is 40.5. The lowest BCUT2D eigenvalue weighted by Gasteiger charge is -2.39. The molecule has 8 nitrogen and oxygen atoms in total. The van der Waals surface area contributed by atoms with Crippen molar-refractivity contribution in [2.24, 2.45) is 11.5 Å². The fraction of sp³-hybridized carbons (Fsp3) is 0.900. The molecule has 1 aliphatic rings. The van der Waals surface area contributed by atoms with Crippen LogP contribution in [0.3, 0.4) is 0 Å². The first kappa shape index (κ1) is 15.3. The Bertz CT molecular complexity index is 291. The molecular formula is C10H21N3O5. The lowest BCUT2D eigenvalue weighted by atomic mass is 9.84. The fourth-order valence-corrected chi connectivity index (χ4v) is 1.98. The lowest BCUT2D eigenvalue weighted by Crippen LogP contribution is -2.63. The van der Waals surface area contributed by atoms with Crippen LogP contribution in [0.15, 0.2) is 0 Å². The van der Waals surface area contributed by atoms with Gasteiger partial charge in [0, 0.05) is 6.04 Å². The third-order valence-corrected chi connectivity index (χ3v) is 3.15. The van der Waals surface area contributed by atoms with Crippen molar-refractivity contribution < 1.29 is 25.2 Å². The van der Waals surface area contributed by atoms with Crippen LogP contribution in [0.25, 0.3) is 0 Å². The Morgan fingerprint density at radius 3 is 2.44 bits per heavy atom. The van der Waals surface area contributed by atoms with Crippen molar-refractivity contribution in [1.29, 1.82) is 0 Å². The van der Waals surface area contributed by atoms with Crippen LogP contribution in [-0.4, -0.2) is 69.4 Å². The fourth-order valence-electron chi connectivity index (χ4n) is 1.98. The number of hydrogen-bond donors (Lipinski definition) is 7. The molecule has 0 aromatic carbocycles. The molecule has 0 heterocycles. The normalized spacial score (nSPS) is 38.2. The van der Waals surface area contributed by atoms with Crippen LogP contribution in [0.5, 0.6) is 0 Å². The highest BCUT2D eigenvalue weighted by Gasteiger charge is 2.42. The van der Waals surface area contributed by atoms with Gasteiger partial charge in [0.1, 0.15) is 18.3 Å². The third kappa shape index (κ3) is 3.37. The molecular weight excluding hydrogens is 242 g/mol. The molecule has 1 aliphatic carbocycles. The summed E-state index contributed by atoms with van der Waals surface area (Å²) >= 11 is 0. The monoisotopic (exact) mass is 263 g/mol. The quantitative estimate of drug-likeness (QED) is 0.272. The number of hydrogen-bond acceptors (Lipinski definition) is 7. The lowest BCUT2D eigenvalue weighted by molar-refractivity contribution is -0.137. The second-order valence-electron chi connectivity index (χ2n) is 4.58. The highest BCUT2D eigenvalue weighted by Crippen LogP contribution is 2.19. The van der Waals surface area contributed by atoms with Crippen LogP contribution in [0.1, 0.15) is 12.8 Å². The van der Waals surface area contributed by atoms with E-state index in [2.05, 4.69) is 5.32 Å². The zero-order valence-corrected chi connectivity index (χ0v) is 9.94. The molecule has 1 rings (SSSR count). The van der Waals surface area contributed by atoms with Gasteiger partial charge in [0.15, 0.2) is 0 Å². The van der Waals surface area contributed by atoms with Crippen molar-refractivity contribution in [3.63, 3.8) is 0 Å². The zero-order valence-electron chi connectivity index (χ0n) is 9.94. The van der Waals surface area contributed by atoms with Gasteiger partial charge in [-0.25, -0.2) is 0 Å². The summed E-state index contributed by atoms with van der Waals surface area (Å²) in [4.78, 5) is 11.5. The molecule has 1 amide bonds. The average molecular weight is 263 g/mol. The second-order valence-corrected chi connectivity index (χ2v) is 4.58. The number of aliphatic hydroxyl groups excluding tert-OH is 4. The van der Waals surface area contributed by atoms with E-state index < -0.39 is 42.4 Å². The molecule has 0 saturated heterocycles. The van der Waals surface area contributed by atoms with Gasteiger partial charge in [-0.05, 0) is 19.4 Å². The topological polar surface area (TPSA) is 162 Å². The molecule has 0 radical (unpaired) electrons. The van der Waals surface area contributed by atoms with Crippen LogP contribution >= 0.6 is 0 Å². The molecule has 0 aromatic heterocycles. The van der Waals surface area contributed by atoms with Gasteiger partial charge in [-0.2, -0.15) is 0 Å². The van der Waals surface area contributed by atoms with Crippen molar-refractivity contribution in [2.75, 3.05) is 6.54 Å². The van der Waals surface area contributed by atoms with Crippen molar-refractivity contribution in [1.82, 2.24) is 5.32 Å². The summed E-state index contributed by atoms with van der Waals surface area (Å²) in [5.41, 5.74) is 10.8. The maximum absolute atomic E-state index is 11.5. The van der Waals surface area contributed by atoms with E-state index in [4.69, 9.17) is 11.5 Å². The first-order valence-electron chi connectivity index (χ1n) is 5.86. The SMILES string of the molecule is NCC[C@H](O)C(=O)N[C@@H]1C[C@H](N)[C@@H](O)[C@H](O)[C@H]1O. The Morgan fingerprint density at radius 1 is 1.28 bits per heavy atom. The molecule has 6 atom stereocenters. The molecule has 0 aliphatic heterocycles. The van der Waals surface area contributed by atoms with Crippen molar-refractivity contribution in [3.05, 3.63) is 0 Å². The average Bonchev–Trinajstić information content (AvgIpc) is 2.33. The van der Waals surface area contributed by atoms with Gasteiger partial charge in [-0.15, -0.1) is 0 Å². The maximum Gasteiger partial charge on any atom is 0.249 e. The largest absolute Gasteiger partial charge is 0.389 e. The molecule has 1 fully saturated rings. The van der Waals surface area contributed by atoms with Crippen LogP contribution in [-0.2, 0) is 4.79 Å². The molecule has 0 spiro atoms. The Hall–Kier alpha value is -0.770. The van der Waals surface area contributed by atoms with Crippen LogP contribution < -0.4 is 16.8 Å². The molecule has 8 heteroatoms. The van der Waals surface area contributed by atoms with E-state index in [1.165, 1.54) is 0 Å². The van der Waals surface area contributed by atoms with Gasteiger partial charge in [-0.1, -0.05) is 0 Å². The van der Waals surface area contributed by atoms with Gasteiger partial charge in [0.05, 0.1) is 12.1 Å². The van der Waals surface area contributed by atoms with Gasteiger partial charge in [0.2, 0.25) is 5.91 Å². The summed E-state index contributed by atoms with van der Waals surface area (Å²) < 4.78 is 0. The van der Waals surface area contributed by atoms with Crippen molar-refractivity contribution >= 4 is 5.91 Å². The maximum atomic E-state index is 11.5. The number of nitrogens with one attached hydrogen (secondary N) is 1. The Morgan fingerprint density at radius 2 is 1.89 bits per heavy atom.